The van der Waals surface area contributed by atoms with Crippen LogP contribution >= 0.6 is 0 Å². The van der Waals surface area contributed by atoms with Crippen LogP contribution in [0.2, 0.25) is 0 Å². The lowest BCUT2D eigenvalue weighted by atomic mass is 10.1. The summed E-state index contributed by atoms with van der Waals surface area (Å²) < 4.78 is 7.29. The van der Waals surface area contributed by atoms with Gasteiger partial charge in [0.2, 0.25) is 0 Å². The number of ketones is 1. The lowest BCUT2D eigenvalue weighted by Crippen LogP contribution is -2.07. The van der Waals surface area contributed by atoms with Crippen LogP contribution in [0.1, 0.15) is 46.2 Å². The summed E-state index contributed by atoms with van der Waals surface area (Å²) in [4.78, 5) is 12.0. The average Bonchev–Trinajstić information content (AvgIpc) is 2.73. The van der Waals surface area contributed by atoms with Crippen LogP contribution in [0.25, 0.3) is 0 Å². The van der Waals surface area contributed by atoms with Gasteiger partial charge in [0.15, 0.2) is 5.78 Å². The smallest absolute Gasteiger partial charge is 0.166 e. The standard InChI is InChI=1S/C17H22N2O2/c1-6-15(20)17-12(3)18-19(13(17)4)10-14-9-11(2)7-8-16(14)21-5/h7-9H,6,10H2,1-5H3. The minimum absolute atomic E-state index is 0.146. The van der Waals surface area contributed by atoms with E-state index in [0.29, 0.717) is 13.0 Å². The zero-order chi connectivity index (χ0) is 15.6. The van der Waals surface area contributed by atoms with E-state index in [4.69, 9.17) is 4.74 Å². The van der Waals surface area contributed by atoms with Crippen molar-refractivity contribution in [3.05, 3.63) is 46.3 Å². The molecular weight excluding hydrogens is 264 g/mol. The topological polar surface area (TPSA) is 44.1 Å². The minimum atomic E-state index is 0.146. The Kier molecular flexibility index (Phi) is 4.46. The van der Waals surface area contributed by atoms with Crippen LogP contribution < -0.4 is 4.74 Å². The number of aromatic nitrogens is 2. The number of benzene rings is 1. The Balaban J connectivity index is 2.41. The van der Waals surface area contributed by atoms with Crippen molar-refractivity contribution in [2.24, 2.45) is 0 Å². The first-order valence-corrected chi connectivity index (χ1v) is 7.18. The summed E-state index contributed by atoms with van der Waals surface area (Å²) in [7, 11) is 1.67. The molecule has 2 aromatic rings. The summed E-state index contributed by atoms with van der Waals surface area (Å²) in [6, 6.07) is 6.08. The van der Waals surface area contributed by atoms with Gasteiger partial charge in [0.05, 0.1) is 24.9 Å². The molecule has 0 aliphatic rings. The van der Waals surface area contributed by atoms with E-state index >= 15 is 0 Å². The molecule has 0 atom stereocenters. The van der Waals surface area contributed by atoms with Crippen molar-refractivity contribution in [3.8, 4) is 5.75 Å². The van der Waals surface area contributed by atoms with Gasteiger partial charge in [-0.25, -0.2) is 0 Å². The summed E-state index contributed by atoms with van der Waals surface area (Å²) in [6.45, 7) is 8.37. The predicted octanol–water partition coefficient (Wildman–Crippen LogP) is 3.46. The van der Waals surface area contributed by atoms with Crippen LogP contribution in [-0.2, 0) is 6.54 Å². The largest absolute Gasteiger partial charge is 0.496 e. The second-order valence-electron chi connectivity index (χ2n) is 5.30. The molecule has 0 spiro atoms. The van der Waals surface area contributed by atoms with Crippen molar-refractivity contribution in [2.45, 2.75) is 40.7 Å². The van der Waals surface area contributed by atoms with E-state index in [1.807, 2.05) is 37.6 Å². The number of aryl methyl sites for hydroxylation is 2. The average molecular weight is 286 g/mol. The highest BCUT2D eigenvalue weighted by atomic mass is 16.5. The summed E-state index contributed by atoms with van der Waals surface area (Å²) in [5.74, 6) is 0.990. The van der Waals surface area contributed by atoms with Gasteiger partial charge < -0.3 is 4.74 Å². The van der Waals surface area contributed by atoms with Gasteiger partial charge >= 0.3 is 0 Å². The van der Waals surface area contributed by atoms with Gasteiger partial charge in [-0.1, -0.05) is 24.6 Å². The Morgan fingerprint density at radius 2 is 2.00 bits per heavy atom. The predicted molar refractivity (Wildman–Crippen MR) is 83.2 cm³/mol. The third kappa shape index (κ3) is 2.99. The van der Waals surface area contributed by atoms with Crippen LogP contribution in [0.5, 0.6) is 5.75 Å². The highest BCUT2D eigenvalue weighted by Crippen LogP contribution is 2.23. The van der Waals surface area contributed by atoms with Crippen molar-refractivity contribution >= 4 is 5.78 Å². The summed E-state index contributed by atoms with van der Waals surface area (Å²) in [6.07, 6.45) is 0.501. The lowest BCUT2D eigenvalue weighted by Gasteiger charge is -2.11. The molecule has 0 radical (unpaired) electrons. The Labute approximate surface area is 125 Å². The second-order valence-corrected chi connectivity index (χ2v) is 5.30. The Morgan fingerprint density at radius 3 is 2.62 bits per heavy atom. The van der Waals surface area contributed by atoms with E-state index < -0.39 is 0 Å². The van der Waals surface area contributed by atoms with E-state index in [0.717, 1.165) is 28.3 Å². The highest BCUT2D eigenvalue weighted by Gasteiger charge is 2.17. The maximum Gasteiger partial charge on any atom is 0.166 e. The van der Waals surface area contributed by atoms with Crippen molar-refractivity contribution in [3.63, 3.8) is 0 Å². The van der Waals surface area contributed by atoms with Crippen molar-refractivity contribution in [1.82, 2.24) is 9.78 Å². The molecule has 4 heteroatoms. The molecule has 0 saturated carbocycles. The van der Waals surface area contributed by atoms with E-state index in [9.17, 15) is 4.79 Å². The number of carbonyl (C=O) groups is 1. The maximum absolute atomic E-state index is 12.0. The summed E-state index contributed by atoms with van der Waals surface area (Å²) in [5, 5.41) is 4.52. The maximum atomic E-state index is 12.0. The first kappa shape index (κ1) is 15.3. The van der Waals surface area contributed by atoms with Crippen molar-refractivity contribution in [1.29, 1.82) is 0 Å². The number of ether oxygens (including phenoxy) is 1. The third-order valence-electron chi connectivity index (χ3n) is 3.74. The molecule has 0 N–H and O–H groups in total. The number of hydrogen-bond donors (Lipinski definition) is 0. The molecule has 0 unspecified atom stereocenters. The first-order valence-electron chi connectivity index (χ1n) is 7.18. The van der Waals surface area contributed by atoms with Gasteiger partial charge in [-0.3, -0.25) is 9.48 Å². The number of carbonyl (C=O) groups excluding carboxylic acids is 1. The monoisotopic (exact) mass is 286 g/mol. The Bertz CT molecular complexity index is 672. The fourth-order valence-corrected chi connectivity index (χ4v) is 2.62. The van der Waals surface area contributed by atoms with Crippen molar-refractivity contribution < 1.29 is 9.53 Å². The fraction of sp³-hybridized carbons (Fsp3) is 0.412. The number of hydrogen-bond acceptors (Lipinski definition) is 3. The minimum Gasteiger partial charge on any atom is -0.496 e. The van der Waals surface area contributed by atoms with E-state index in [2.05, 4.69) is 18.1 Å². The van der Waals surface area contributed by atoms with Gasteiger partial charge in [0, 0.05) is 17.7 Å². The molecular formula is C17H22N2O2. The number of Topliss-reactive ketones (excluding diaryl/α,β-unsaturated/α-hetero) is 1. The molecule has 0 saturated heterocycles. The highest BCUT2D eigenvalue weighted by molar-refractivity contribution is 5.97. The van der Waals surface area contributed by atoms with Gasteiger partial charge in [-0.15, -0.1) is 0 Å². The summed E-state index contributed by atoms with van der Waals surface area (Å²) >= 11 is 0. The van der Waals surface area contributed by atoms with Gasteiger partial charge in [0.1, 0.15) is 5.75 Å². The zero-order valence-corrected chi connectivity index (χ0v) is 13.4. The van der Waals surface area contributed by atoms with Crippen LogP contribution in [0, 0.1) is 20.8 Å². The Morgan fingerprint density at radius 1 is 1.29 bits per heavy atom. The van der Waals surface area contributed by atoms with Crippen LogP contribution in [0.3, 0.4) is 0 Å². The normalized spacial score (nSPS) is 10.7. The van der Waals surface area contributed by atoms with Crippen molar-refractivity contribution in [2.75, 3.05) is 7.11 Å². The van der Waals surface area contributed by atoms with Gasteiger partial charge in [-0.05, 0) is 26.8 Å². The molecule has 0 amide bonds. The van der Waals surface area contributed by atoms with Crippen LogP contribution in [0.4, 0.5) is 0 Å². The molecule has 1 heterocycles. The summed E-state index contributed by atoms with van der Waals surface area (Å²) in [5.41, 5.74) is 4.72. The molecule has 1 aromatic heterocycles. The molecule has 112 valence electrons. The number of nitrogens with zero attached hydrogens (tertiary/aromatic N) is 2. The van der Waals surface area contributed by atoms with Crippen LogP contribution in [-0.4, -0.2) is 22.7 Å². The third-order valence-corrected chi connectivity index (χ3v) is 3.74. The number of methoxy groups -OCH3 is 1. The van der Waals surface area contributed by atoms with E-state index in [1.165, 1.54) is 5.56 Å². The second kappa shape index (κ2) is 6.12. The van der Waals surface area contributed by atoms with E-state index in [1.54, 1.807) is 7.11 Å². The number of rotatable bonds is 5. The molecule has 4 nitrogen and oxygen atoms in total. The Hall–Kier alpha value is -2.10. The molecule has 0 fully saturated rings. The molecule has 21 heavy (non-hydrogen) atoms. The van der Waals surface area contributed by atoms with Gasteiger partial charge in [0.25, 0.3) is 0 Å². The molecule has 2 rings (SSSR count). The molecule has 0 bridgehead atoms. The lowest BCUT2D eigenvalue weighted by molar-refractivity contribution is 0.0987. The fourth-order valence-electron chi connectivity index (χ4n) is 2.62. The SMILES string of the molecule is CCC(=O)c1c(C)nn(Cc2cc(C)ccc2OC)c1C. The van der Waals surface area contributed by atoms with Crippen LogP contribution in [0.15, 0.2) is 18.2 Å². The zero-order valence-electron chi connectivity index (χ0n) is 13.4. The molecule has 0 aliphatic carbocycles. The van der Waals surface area contributed by atoms with E-state index in [-0.39, 0.29) is 5.78 Å². The van der Waals surface area contributed by atoms with Gasteiger partial charge in [-0.2, -0.15) is 5.10 Å². The molecule has 0 aliphatic heterocycles. The molecule has 1 aromatic carbocycles. The quantitative estimate of drug-likeness (QED) is 0.791. The first-order chi connectivity index (χ1) is 9.97.